The fraction of sp³-hybridized carbons (Fsp3) is 0.533. The van der Waals surface area contributed by atoms with Gasteiger partial charge in [0.05, 0.1) is 0 Å². The number of ether oxygens (including phenoxy) is 1. The first kappa shape index (κ1) is 15.2. The van der Waals surface area contributed by atoms with E-state index < -0.39 is 0 Å². The van der Waals surface area contributed by atoms with Gasteiger partial charge < -0.3 is 15.0 Å². The maximum absolute atomic E-state index is 11.9. The third kappa shape index (κ3) is 4.72. The van der Waals surface area contributed by atoms with Gasteiger partial charge in [0.1, 0.15) is 0 Å². The van der Waals surface area contributed by atoms with E-state index in [4.69, 9.17) is 4.74 Å². The Balaban J connectivity index is 1.77. The van der Waals surface area contributed by atoms with E-state index in [9.17, 15) is 4.79 Å². The van der Waals surface area contributed by atoms with E-state index in [0.717, 1.165) is 50.4 Å². The van der Waals surface area contributed by atoms with Crippen molar-refractivity contribution in [2.75, 3.05) is 37.9 Å². The molecule has 1 aliphatic rings. The largest absolute Gasteiger partial charge is 0.385 e. The summed E-state index contributed by atoms with van der Waals surface area (Å²) in [5.41, 5.74) is 0.864. The van der Waals surface area contributed by atoms with E-state index in [2.05, 4.69) is 17.4 Å². The smallest absolute Gasteiger partial charge is 0.321 e. The molecule has 1 aromatic carbocycles. The topological polar surface area (TPSA) is 41.6 Å². The fourth-order valence-electron chi connectivity index (χ4n) is 2.15. The SMILES string of the molecule is COCCCSc1ccc(NC(=O)N2CCCC2)cc1. The van der Waals surface area contributed by atoms with Gasteiger partial charge in [-0.1, -0.05) is 0 Å². The zero-order chi connectivity index (χ0) is 14.2. The van der Waals surface area contributed by atoms with Crippen LogP contribution in [-0.4, -0.2) is 43.5 Å². The van der Waals surface area contributed by atoms with Crippen LogP contribution in [0.4, 0.5) is 10.5 Å². The molecule has 110 valence electrons. The highest BCUT2D eigenvalue weighted by Crippen LogP contribution is 2.21. The molecule has 0 aromatic heterocycles. The van der Waals surface area contributed by atoms with Crippen LogP contribution in [0.5, 0.6) is 0 Å². The van der Waals surface area contributed by atoms with Gasteiger partial charge in [-0.05, 0) is 43.5 Å². The number of hydrogen-bond acceptors (Lipinski definition) is 3. The second-order valence-electron chi connectivity index (χ2n) is 4.84. The van der Waals surface area contributed by atoms with Crippen molar-refractivity contribution in [2.45, 2.75) is 24.2 Å². The molecule has 1 fully saturated rings. The van der Waals surface area contributed by atoms with Crippen molar-refractivity contribution >= 4 is 23.5 Å². The minimum atomic E-state index is 0.0167. The number of methoxy groups -OCH3 is 1. The number of carbonyl (C=O) groups is 1. The molecule has 0 unspecified atom stereocenters. The van der Waals surface area contributed by atoms with Crippen LogP contribution >= 0.6 is 11.8 Å². The average Bonchev–Trinajstić information content (AvgIpc) is 3.00. The normalized spacial score (nSPS) is 14.6. The van der Waals surface area contributed by atoms with Crippen LogP contribution in [-0.2, 0) is 4.74 Å². The van der Waals surface area contributed by atoms with Crippen LogP contribution in [0.2, 0.25) is 0 Å². The number of rotatable bonds is 6. The van der Waals surface area contributed by atoms with E-state index >= 15 is 0 Å². The maximum atomic E-state index is 11.9. The van der Waals surface area contributed by atoms with Crippen molar-refractivity contribution in [1.82, 2.24) is 4.90 Å². The minimum absolute atomic E-state index is 0.0167. The van der Waals surface area contributed by atoms with E-state index in [0.29, 0.717) is 0 Å². The monoisotopic (exact) mass is 294 g/mol. The third-order valence-corrected chi connectivity index (χ3v) is 4.36. The highest BCUT2D eigenvalue weighted by molar-refractivity contribution is 7.99. The zero-order valence-electron chi connectivity index (χ0n) is 11.9. The standard InChI is InChI=1S/C15H22N2O2S/c1-19-11-4-12-20-14-7-5-13(6-8-14)16-15(18)17-9-2-3-10-17/h5-8H,2-4,9-12H2,1H3,(H,16,18). The Bertz CT molecular complexity index is 416. The highest BCUT2D eigenvalue weighted by atomic mass is 32.2. The summed E-state index contributed by atoms with van der Waals surface area (Å²) >= 11 is 1.81. The van der Waals surface area contributed by atoms with Crippen molar-refractivity contribution in [1.29, 1.82) is 0 Å². The van der Waals surface area contributed by atoms with Crippen molar-refractivity contribution in [2.24, 2.45) is 0 Å². The molecular weight excluding hydrogens is 272 g/mol. The fourth-order valence-corrected chi connectivity index (χ4v) is 2.98. The van der Waals surface area contributed by atoms with E-state index in [-0.39, 0.29) is 6.03 Å². The van der Waals surface area contributed by atoms with Crippen molar-refractivity contribution in [3.63, 3.8) is 0 Å². The molecule has 5 heteroatoms. The number of amides is 2. The second-order valence-corrected chi connectivity index (χ2v) is 6.01. The first-order valence-corrected chi connectivity index (χ1v) is 8.06. The van der Waals surface area contributed by atoms with Crippen LogP contribution in [0.3, 0.4) is 0 Å². The molecular formula is C15H22N2O2S. The molecule has 1 saturated heterocycles. The van der Waals surface area contributed by atoms with Gasteiger partial charge in [-0.15, -0.1) is 11.8 Å². The number of benzene rings is 1. The predicted molar refractivity (Wildman–Crippen MR) is 83.5 cm³/mol. The molecule has 1 aliphatic heterocycles. The molecule has 2 amide bonds. The number of nitrogens with zero attached hydrogens (tertiary/aromatic N) is 1. The van der Waals surface area contributed by atoms with Gasteiger partial charge in [0.25, 0.3) is 0 Å². The van der Waals surface area contributed by atoms with Crippen LogP contribution in [0.15, 0.2) is 29.2 Å². The van der Waals surface area contributed by atoms with Crippen LogP contribution in [0.1, 0.15) is 19.3 Å². The zero-order valence-corrected chi connectivity index (χ0v) is 12.7. The lowest BCUT2D eigenvalue weighted by Gasteiger charge is -2.16. The van der Waals surface area contributed by atoms with E-state index in [1.165, 1.54) is 4.90 Å². The summed E-state index contributed by atoms with van der Waals surface area (Å²) in [5.74, 6) is 1.05. The second kappa shape index (κ2) is 8.17. The van der Waals surface area contributed by atoms with Gasteiger partial charge in [0, 0.05) is 43.1 Å². The predicted octanol–water partition coefficient (Wildman–Crippen LogP) is 3.44. The third-order valence-electron chi connectivity index (χ3n) is 3.26. The van der Waals surface area contributed by atoms with Crippen LogP contribution in [0, 0.1) is 0 Å². The van der Waals surface area contributed by atoms with Gasteiger partial charge >= 0.3 is 6.03 Å². The first-order chi connectivity index (χ1) is 9.79. The van der Waals surface area contributed by atoms with Crippen molar-refractivity contribution in [3.05, 3.63) is 24.3 Å². The molecule has 0 radical (unpaired) electrons. The molecule has 0 saturated carbocycles. The van der Waals surface area contributed by atoms with E-state index in [1.807, 2.05) is 28.8 Å². The van der Waals surface area contributed by atoms with E-state index in [1.54, 1.807) is 7.11 Å². The lowest BCUT2D eigenvalue weighted by Crippen LogP contribution is -2.32. The number of anilines is 1. The average molecular weight is 294 g/mol. The number of thioether (sulfide) groups is 1. The van der Waals surface area contributed by atoms with Gasteiger partial charge in [0.15, 0.2) is 0 Å². The van der Waals surface area contributed by atoms with Crippen molar-refractivity contribution < 1.29 is 9.53 Å². The molecule has 0 atom stereocenters. The molecule has 0 aliphatic carbocycles. The van der Waals surface area contributed by atoms with Crippen molar-refractivity contribution in [3.8, 4) is 0 Å². The molecule has 0 bridgehead atoms. The molecule has 0 spiro atoms. The lowest BCUT2D eigenvalue weighted by molar-refractivity contribution is 0.200. The molecule has 1 aromatic rings. The van der Waals surface area contributed by atoms with Gasteiger partial charge in [0.2, 0.25) is 0 Å². The summed E-state index contributed by atoms with van der Waals surface area (Å²) in [7, 11) is 1.72. The summed E-state index contributed by atoms with van der Waals surface area (Å²) in [6, 6.07) is 8.05. The molecule has 1 heterocycles. The Labute approximate surface area is 124 Å². The number of carbonyl (C=O) groups excluding carboxylic acids is 1. The van der Waals surface area contributed by atoms with Crippen LogP contribution < -0.4 is 5.32 Å². The Hall–Kier alpha value is -1.20. The molecule has 20 heavy (non-hydrogen) atoms. The minimum Gasteiger partial charge on any atom is -0.385 e. The summed E-state index contributed by atoms with van der Waals surface area (Å²) in [6.45, 7) is 2.55. The number of nitrogens with one attached hydrogen (secondary N) is 1. The highest BCUT2D eigenvalue weighted by Gasteiger charge is 2.17. The summed E-state index contributed by atoms with van der Waals surface area (Å²) in [5, 5.41) is 2.95. The number of hydrogen-bond donors (Lipinski definition) is 1. The molecule has 1 N–H and O–H groups in total. The molecule has 2 rings (SSSR count). The summed E-state index contributed by atoms with van der Waals surface area (Å²) in [6.07, 6.45) is 3.28. The van der Waals surface area contributed by atoms with Crippen LogP contribution in [0.25, 0.3) is 0 Å². The summed E-state index contributed by atoms with van der Waals surface area (Å²) in [4.78, 5) is 15.0. The summed E-state index contributed by atoms with van der Waals surface area (Å²) < 4.78 is 5.03. The number of urea groups is 1. The lowest BCUT2D eigenvalue weighted by atomic mass is 10.3. The van der Waals surface area contributed by atoms with Gasteiger partial charge in [-0.2, -0.15) is 0 Å². The van der Waals surface area contributed by atoms with Gasteiger partial charge in [-0.3, -0.25) is 0 Å². The number of likely N-dealkylation sites (tertiary alicyclic amines) is 1. The Morgan fingerprint density at radius 3 is 2.65 bits per heavy atom. The quantitative estimate of drug-likeness (QED) is 0.645. The Morgan fingerprint density at radius 2 is 2.00 bits per heavy atom. The first-order valence-electron chi connectivity index (χ1n) is 7.07. The Kier molecular flexibility index (Phi) is 6.21. The molecule has 4 nitrogen and oxygen atoms in total. The van der Waals surface area contributed by atoms with Gasteiger partial charge in [-0.25, -0.2) is 4.79 Å². The Morgan fingerprint density at radius 1 is 1.30 bits per heavy atom. The maximum Gasteiger partial charge on any atom is 0.321 e.